The summed E-state index contributed by atoms with van der Waals surface area (Å²) in [6.45, 7) is 3.32. The molecule has 0 aliphatic rings. The third-order valence-corrected chi connectivity index (χ3v) is 2.16. The van der Waals surface area contributed by atoms with E-state index >= 15 is 0 Å². The lowest BCUT2D eigenvalue weighted by Gasteiger charge is -2.28. The van der Waals surface area contributed by atoms with Crippen LogP contribution in [-0.2, 0) is 14.5 Å². The van der Waals surface area contributed by atoms with E-state index in [1.165, 1.54) is 0 Å². The van der Waals surface area contributed by atoms with E-state index < -0.39 is 4.97 Å². The van der Waals surface area contributed by atoms with E-state index in [0.717, 1.165) is 0 Å². The highest BCUT2D eigenvalue weighted by atomic mass is 17.2. The molecule has 0 spiro atoms. The van der Waals surface area contributed by atoms with Crippen molar-refractivity contribution in [2.24, 2.45) is 0 Å². The quantitative estimate of drug-likeness (QED) is 0.243. The summed E-state index contributed by atoms with van der Waals surface area (Å²) in [7, 11) is 0. The van der Waals surface area contributed by atoms with Crippen molar-refractivity contribution in [3.05, 3.63) is 0 Å². The van der Waals surface area contributed by atoms with E-state index in [1.54, 1.807) is 0 Å². The van der Waals surface area contributed by atoms with Crippen molar-refractivity contribution in [3.8, 4) is 0 Å². The van der Waals surface area contributed by atoms with Crippen molar-refractivity contribution in [2.45, 2.75) is 26.2 Å². The average Bonchev–Trinajstić information content (AvgIpc) is 2.39. The lowest BCUT2D eigenvalue weighted by molar-refractivity contribution is -1.37. The highest BCUT2D eigenvalue weighted by Gasteiger charge is 2.32. The zero-order chi connectivity index (χ0) is 13.7. The van der Waals surface area contributed by atoms with Crippen molar-refractivity contribution >= 4 is 0 Å². The number of quaternary nitrogens is 1. The molecule has 0 amide bonds. The number of aliphatic hydroxyl groups is 3. The molecule has 0 fully saturated rings. The van der Waals surface area contributed by atoms with Crippen LogP contribution in [0.5, 0.6) is 0 Å². The Morgan fingerprint density at radius 2 is 1.06 bits per heavy atom. The molecule has 0 aliphatic carbocycles. The lowest BCUT2D eigenvalue weighted by atomic mass is 10.5. The molecule has 0 aromatic rings. The second-order valence-electron chi connectivity index (χ2n) is 3.66. The molecule has 18 heavy (non-hydrogen) atoms. The number of rotatable bonds is 13. The van der Waals surface area contributed by atoms with Crippen LogP contribution >= 0.6 is 0 Å². The van der Waals surface area contributed by atoms with Gasteiger partial charge < -0.3 is 15.3 Å². The van der Waals surface area contributed by atoms with E-state index in [2.05, 4.69) is 0 Å². The zero-order valence-corrected chi connectivity index (χ0v) is 11.1. The molecular weight excluding hydrogens is 242 g/mol. The predicted octanol–water partition coefficient (Wildman–Crippen LogP) is -0.235. The summed E-state index contributed by atoms with van der Waals surface area (Å²) >= 11 is 0. The van der Waals surface area contributed by atoms with Gasteiger partial charge in [0.15, 0.2) is 6.54 Å². The van der Waals surface area contributed by atoms with E-state index in [1.807, 2.05) is 6.92 Å². The fraction of sp³-hybridized carbons (Fsp3) is 1.00. The van der Waals surface area contributed by atoms with Gasteiger partial charge in [0.05, 0.1) is 4.97 Å². The van der Waals surface area contributed by atoms with Gasteiger partial charge >= 0.3 is 0 Å². The molecule has 0 bridgehead atoms. The number of hydroxylamine groups is 3. The molecule has 0 unspecified atom stereocenters. The van der Waals surface area contributed by atoms with Gasteiger partial charge in [-0.2, -0.15) is 0 Å². The second-order valence-corrected chi connectivity index (χ2v) is 3.66. The maximum atomic E-state index is 8.73. The number of aliphatic hydroxyl groups excluding tert-OH is 3. The summed E-state index contributed by atoms with van der Waals surface area (Å²) in [6, 6.07) is 0. The van der Waals surface area contributed by atoms with E-state index in [4.69, 9.17) is 29.8 Å². The molecule has 0 saturated heterocycles. The molecule has 0 aromatic heterocycles. The molecule has 110 valence electrons. The zero-order valence-electron chi connectivity index (χ0n) is 11.1. The first kappa shape index (κ1) is 17.7. The second kappa shape index (κ2) is 11.8. The normalized spacial score (nSPS) is 12.0. The first-order valence-corrected chi connectivity index (χ1v) is 6.39. The van der Waals surface area contributed by atoms with Gasteiger partial charge in [-0.05, 0) is 6.92 Å². The highest BCUT2D eigenvalue weighted by molar-refractivity contribution is 4.28. The number of nitrogens with zero attached hydrogens (tertiary/aromatic N) is 1. The Bertz CT molecular complexity index is 154. The van der Waals surface area contributed by atoms with Gasteiger partial charge in [0.1, 0.15) is 19.8 Å². The topological polar surface area (TPSA) is 88.4 Å². The Morgan fingerprint density at radius 1 is 0.722 bits per heavy atom. The maximum absolute atomic E-state index is 8.73. The summed E-state index contributed by atoms with van der Waals surface area (Å²) < 4.78 is 0. The Hall–Kier alpha value is -0.280. The van der Waals surface area contributed by atoms with Crippen molar-refractivity contribution < 1.29 is 34.8 Å². The summed E-state index contributed by atoms with van der Waals surface area (Å²) in [5.74, 6) is 0. The average molecular weight is 268 g/mol. The minimum absolute atomic E-state index is 0.0387. The van der Waals surface area contributed by atoms with Crippen LogP contribution in [0.2, 0.25) is 0 Å². The van der Waals surface area contributed by atoms with Crippen LogP contribution in [0.25, 0.3) is 0 Å². The molecule has 0 aromatic carbocycles. The van der Waals surface area contributed by atoms with Crippen molar-refractivity contribution in [1.29, 1.82) is 0 Å². The molecule has 0 atom stereocenters. The van der Waals surface area contributed by atoms with Gasteiger partial charge in [0.25, 0.3) is 0 Å². The summed E-state index contributed by atoms with van der Waals surface area (Å²) in [5.41, 5.74) is 0. The fourth-order valence-corrected chi connectivity index (χ4v) is 1.19. The Kier molecular flexibility index (Phi) is 11.6. The molecule has 0 aliphatic heterocycles. The SMILES string of the molecule is CC[N+](OCCCO)(OCCCO)OCCCO. The molecular formula is C11H26NO6+. The molecule has 7 heteroatoms. The van der Waals surface area contributed by atoms with Crippen LogP contribution in [0.1, 0.15) is 26.2 Å². The Labute approximate surface area is 108 Å². The minimum atomic E-state index is -0.431. The van der Waals surface area contributed by atoms with Gasteiger partial charge in [0, 0.05) is 39.1 Å². The van der Waals surface area contributed by atoms with Crippen LogP contribution in [0.3, 0.4) is 0 Å². The molecule has 0 rings (SSSR count). The van der Waals surface area contributed by atoms with Crippen LogP contribution in [-0.4, -0.2) is 66.5 Å². The first-order valence-electron chi connectivity index (χ1n) is 6.39. The van der Waals surface area contributed by atoms with E-state index in [-0.39, 0.29) is 19.8 Å². The van der Waals surface area contributed by atoms with Gasteiger partial charge in [-0.15, -0.1) is 14.5 Å². The van der Waals surface area contributed by atoms with Gasteiger partial charge in [-0.3, -0.25) is 0 Å². The lowest BCUT2D eigenvalue weighted by Crippen LogP contribution is -2.48. The van der Waals surface area contributed by atoms with Crippen LogP contribution in [0, 0.1) is 0 Å². The summed E-state index contributed by atoms with van der Waals surface area (Å²) in [5, 5.41) is 26.2. The molecule has 0 saturated carbocycles. The third kappa shape index (κ3) is 7.93. The van der Waals surface area contributed by atoms with Crippen molar-refractivity contribution in [2.75, 3.05) is 46.2 Å². The van der Waals surface area contributed by atoms with E-state index in [0.29, 0.717) is 45.6 Å². The third-order valence-electron chi connectivity index (χ3n) is 2.16. The molecule has 0 heterocycles. The number of hydrogen-bond donors (Lipinski definition) is 3. The monoisotopic (exact) mass is 268 g/mol. The molecule has 7 nitrogen and oxygen atoms in total. The standard InChI is InChI=1S/C11H26NO6/c1-2-12(16-9-3-6-13,17-10-4-7-14)18-11-5-8-15/h13-15H,2-11H2,1H3/q+1. The van der Waals surface area contributed by atoms with Gasteiger partial charge in [-0.1, -0.05) is 0 Å². The van der Waals surface area contributed by atoms with Gasteiger partial charge in [0.2, 0.25) is 0 Å². The maximum Gasteiger partial charge on any atom is 0.175 e. The smallest absolute Gasteiger partial charge is 0.175 e. The van der Waals surface area contributed by atoms with Gasteiger partial charge in [-0.25, -0.2) is 0 Å². The van der Waals surface area contributed by atoms with Crippen LogP contribution in [0.15, 0.2) is 0 Å². The fourth-order valence-electron chi connectivity index (χ4n) is 1.19. The van der Waals surface area contributed by atoms with Crippen LogP contribution < -0.4 is 0 Å². The molecule has 3 N–H and O–H groups in total. The minimum Gasteiger partial charge on any atom is -0.396 e. The van der Waals surface area contributed by atoms with E-state index in [9.17, 15) is 0 Å². The largest absolute Gasteiger partial charge is 0.396 e. The van der Waals surface area contributed by atoms with Crippen molar-refractivity contribution in [3.63, 3.8) is 0 Å². The summed E-state index contributed by atoms with van der Waals surface area (Å²) in [6.07, 6.45) is 1.48. The predicted molar refractivity (Wildman–Crippen MR) is 63.8 cm³/mol. The van der Waals surface area contributed by atoms with Crippen molar-refractivity contribution in [1.82, 2.24) is 0 Å². The molecule has 0 radical (unpaired) electrons. The van der Waals surface area contributed by atoms with Crippen LogP contribution in [0.4, 0.5) is 0 Å². The first-order chi connectivity index (χ1) is 8.74. The Morgan fingerprint density at radius 3 is 1.28 bits per heavy atom. The highest BCUT2D eigenvalue weighted by Crippen LogP contribution is 2.13. The number of hydrogen-bond acceptors (Lipinski definition) is 6. The summed E-state index contributed by atoms with van der Waals surface area (Å²) in [4.78, 5) is 16.0. The Balaban J connectivity index is 4.20.